The van der Waals surface area contributed by atoms with Gasteiger partial charge in [-0.25, -0.2) is 4.79 Å². The first-order valence-electron chi connectivity index (χ1n) is 8.80. The molecule has 5 heteroatoms. The van der Waals surface area contributed by atoms with Crippen molar-refractivity contribution in [2.75, 3.05) is 0 Å². The maximum Gasteiger partial charge on any atom is 0.339 e. The summed E-state index contributed by atoms with van der Waals surface area (Å²) in [6.45, 7) is 1.80. The molecule has 2 aromatic rings. The van der Waals surface area contributed by atoms with Crippen LogP contribution in [0.25, 0.3) is 0 Å². The van der Waals surface area contributed by atoms with Crippen LogP contribution >= 0.6 is 0 Å². The minimum atomic E-state index is -1.07. The molecule has 0 unspecified atom stereocenters. The summed E-state index contributed by atoms with van der Waals surface area (Å²) in [5, 5.41) is 12.1. The molecule has 0 atom stereocenters. The van der Waals surface area contributed by atoms with Gasteiger partial charge in [0.25, 0.3) is 5.91 Å². The van der Waals surface area contributed by atoms with E-state index >= 15 is 0 Å². The summed E-state index contributed by atoms with van der Waals surface area (Å²) in [4.78, 5) is 23.6. The highest BCUT2D eigenvalue weighted by Gasteiger charge is 2.26. The first-order valence-corrected chi connectivity index (χ1v) is 8.80. The predicted octanol–water partition coefficient (Wildman–Crippen LogP) is 4.00. The number of carboxylic acids is 1. The van der Waals surface area contributed by atoms with E-state index in [-0.39, 0.29) is 23.3 Å². The fourth-order valence-electron chi connectivity index (χ4n) is 3.54. The lowest BCUT2D eigenvalue weighted by atomic mass is 9.82. The quantitative estimate of drug-likeness (QED) is 0.861. The van der Waals surface area contributed by atoms with Crippen molar-refractivity contribution in [3.8, 4) is 0 Å². The molecule has 1 amide bonds. The van der Waals surface area contributed by atoms with Gasteiger partial charge in [-0.3, -0.25) is 4.79 Å². The van der Waals surface area contributed by atoms with Crippen molar-refractivity contribution in [3.05, 3.63) is 59.0 Å². The van der Waals surface area contributed by atoms with Crippen LogP contribution in [0.3, 0.4) is 0 Å². The summed E-state index contributed by atoms with van der Waals surface area (Å²) < 4.78 is 5.43. The number of rotatable bonds is 5. The molecule has 132 valence electrons. The van der Waals surface area contributed by atoms with E-state index in [2.05, 4.69) is 29.6 Å². The number of nitrogens with one attached hydrogen (secondary N) is 1. The number of furan rings is 1. The second-order valence-electron chi connectivity index (χ2n) is 6.54. The summed E-state index contributed by atoms with van der Waals surface area (Å²) in [5.74, 6) is -0.429. The first kappa shape index (κ1) is 17.3. The lowest BCUT2D eigenvalue weighted by molar-refractivity contribution is 0.0694. The zero-order chi connectivity index (χ0) is 17.8. The van der Waals surface area contributed by atoms with Gasteiger partial charge in [-0.15, -0.1) is 0 Å². The fourth-order valence-corrected chi connectivity index (χ4v) is 3.54. The third-order valence-electron chi connectivity index (χ3n) is 4.92. The Labute approximate surface area is 147 Å². The predicted molar refractivity (Wildman–Crippen MR) is 94.0 cm³/mol. The van der Waals surface area contributed by atoms with E-state index in [9.17, 15) is 9.59 Å². The Morgan fingerprint density at radius 2 is 1.84 bits per heavy atom. The van der Waals surface area contributed by atoms with Gasteiger partial charge in [-0.2, -0.15) is 0 Å². The van der Waals surface area contributed by atoms with Crippen molar-refractivity contribution in [3.63, 3.8) is 0 Å². The Bertz CT molecular complexity index is 742. The number of aryl methyl sites for hydroxylation is 1. The second-order valence-corrected chi connectivity index (χ2v) is 6.54. The van der Waals surface area contributed by atoms with Gasteiger partial charge in [0, 0.05) is 18.5 Å². The molecule has 0 bridgehead atoms. The van der Waals surface area contributed by atoms with E-state index in [1.165, 1.54) is 11.6 Å². The Kier molecular flexibility index (Phi) is 5.22. The highest BCUT2D eigenvalue weighted by molar-refractivity contribution is 5.96. The monoisotopic (exact) mass is 341 g/mol. The average molecular weight is 341 g/mol. The molecule has 25 heavy (non-hydrogen) atoms. The van der Waals surface area contributed by atoms with Gasteiger partial charge in [0.2, 0.25) is 0 Å². The Morgan fingerprint density at radius 1 is 1.16 bits per heavy atom. The average Bonchev–Trinajstić information content (AvgIpc) is 3.08. The molecule has 2 N–H and O–H groups in total. The largest absolute Gasteiger partial charge is 0.478 e. The normalized spacial score (nSPS) is 20.2. The number of amides is 1. The number of aromatic carboxylic acids is 1. The molecule has 1 aliphatic rings. The highest BCUT2D eigenvalue weighted by Crippen LogP contribution is 2.32. The number of hydrogen-bond acceptors (Lipinski definition) is 3. The number of carbonyl (C=O) groups excluding carboxylic acids is 1. The van der Waals surface area contributed by atoms with Crippen LogP contribution in [0, 0.1) is 0 Å². The summed E-state index contributed by atoms with van der Waals surface area (Å²) in [5.41, 5.74) is 1.43. The van der Waals surface area contributed by atoms with Crippen LogP contribution in [0.1, 0.15) is 70.8 Å². The molecule has 1 aromatic carbocycles. The van der Waals surface area contributed by atoms with Crippen LogP contribution in [0.4, 0.5) is 0 Å². The maximum atomic E-state index is 12.4. The van der Waals surface area contributed by atoms with Gasteiger partial charge in [-0.1, -0.05) is 37.3 Å². The van der Waals surface area contributed by atoms with Crippen molar-refractivity contribution in [2.24, 2.45) is 0 Å². The molecule has 1 saturated carbocycles. The number of benzene rings is 1. The van der Waals surface area contributed by atoms with E-state index in [4.69, 9.17) is 9.52 Å². The highest BCUT2D eigenvalue weighted by atomic mass is 16.4. The molecule has 1 heterocycles. The second kappa shape index (κ2) is 7.55. The maximum absolute atomic E-state index is 12.4. The van der Waals surface area contributed by atoms with E-state index in [1.54, 1.807) is 6.92 Å². The van der Waals surface area contributed by atoms with Crippen LogP contribution in [-0.2, 0) is 6.42 Å². The first-order chi connectivity index (χ1) is 12.1. The van der Waals surface area contributed by atoms with Crippen LogP contribution in [0.15, 0.2) is 40.8 Å². The SMILES string of the molecule is CCc1oc(C(=O)NC2CCC(c3ccccc3)CC2)cc1C(=O)O. The fraction of sp³-hybridized carbons (Fsp3) is 0.400. The van der Waals surface area contributed by atoms with Gasteiger partial charge in [0.1, 0.15) is 11.3 Å². The van der Waals surface area contributed by atoms with Gasteiger partial charge in [0.05, 0.1) is 0 Å². The van der Waals surface area contributed by atoms with Crippen LogP contribution in [0.5, 0.6) is 0 Å². The van der Waals surface area contributed by atoms with Crippen LogP contribution in [0.2, 0.25) is 0 Å². The Hall–Kier alpha value is -2.56. The molecule has 0 saturated heterocycles. The van der Waals surface area contributed by atoms with Gasteiger partial charge < -0.3 is 14.8 Å². The van der Waals surface area contributed by atoms with Crippen molar-refractivity contribution in [1.82, 2.24) is 5.32 Å². The molecular formula is C20H23NO4. The molecular weight excluding hydrogens is 318 g/mol. The molecule has 5 nitrogen and oxygen atoms in total. The summed E-state index contributed by atoms with van der Waals surface area (Å²) in [7, 11) is 0. The molecule has 1 fully saturated rings. The number of carboxylic acid groups (broad SMARTS) is 1. The summed E-state index contributed by atoms with van der Waals surface area (Å²) >= 11 is 0. The molecule has 1 aromatic heterocycles. The molecule has 0 aliphatic heterocycles. The third-order valence-corrected chi connectivity index (χ3v) is 4.92. The Morgan fingerprint density at radius 3 is 2.40 bits per heavy atom. The third kappa shape index (κ3) is 3.92. The molecule has 1 aliphatic carbocycles. The van der Waals surface area contributed by atoms with Gasteiger partial charge in [0.15, 0.2) is 5.76 Å². The minimum absolute atomic E-state index is 0.0698. The molecule has 0 spiro atoms. The lowest BCUT2D eigenvalue weighted by Crippen LogP contribution is -2.37. The molecule has 0 radical (unpaired) electrons. The lowest BCUT2D eigenvalue weighted by Gasteiger charge is -2.29. The Balaban J connectivity index is 1.59. The zero-order valence-electron chi connectivity index (χ0n) is 14.3. The summed E-state index contributed by atoms with van der Waals surface area (Å²) in [6.07, 6.45) is 4.34. The smallest absolute Gasteiger partial charge is 0.339 e. The van der Waals surface area contributed by atoms with Crippen molar-refractivity contribution >= 4 is 11.9 Å². The topological polar surface area (TPSA) is 79.5 Å². The minimum Gasteiger partial charge on any atom is -0.478 e. The molecule has 3 rings (SSSR count). The van der Waals surface area contributed by atoms with Crippen LogP contribution < -0.4 is 5.32 Å². The van der Waals surface area contributed by atoms with Gasteiger partial charge in [-0.05, 0) is 37.2 Å². The standard InChI is InChI=1S/C20H23NO4/c1-2-17-16(20(23)24)12-18(25-17)19(22)21-15-10-8-14(9-11-15)13-6-4-3-5-7-13/h3-7,12,14-15H,2,8-11H2,1H3,(H,21,22)(H,23,24). The van der Waals surface area contributed by atoms with Crippen LogP contribution in [-0.4, -0.2) is 23.0 Å². The van der Waals surface area contributed by atoms with E-state index in [1.807, 2.05) is 6.07 Å². The van der Waals surface area contributed by atoms with Crippen molar-refractivity contribution in [2.45, 2.75) is 51.0 Å². The van der Waals surface area contributed by atoms with E-state index in [0.717, 1.165) is 25.7 Å². The van der Waals surface area contributed by atoms with Crippen molar-refractivity contribution in [1.29, 1.82) is 0 Å². The van der Waals surface area contributed by atoms with E-state index < -0.39 is 5.97 Å². The number of carbonyl (C=O) groups is 2. The van der Waals surface area contributed by atoms with Gasteiger partial charge >= 0.3 is 5.97 Å². The van der Waals surface area contributed by atoms with Crippen molar-refractivity contribution < 1.29 is 19.1 Å². The van der Waals surface area contributed by atoms with E-state index in [0.29, 0.717) is 18.1 Å². The zero-order valence-corrected chi connectivity index (χ0v) is 14.3. The number of hydrogen-bond donors (Lipinski definition) is 2. The summed E-state index contributed by atoms with van der Waals surface area (Å²) in [6, 6.07) is 11.9.